The molecule has 26 heavy (non-hydrogen) atoms. The molecule has 0 saturated carbocycles. The summed E-state index contributed by atoms with van der Waals surface area (Å²) in [5.41, 5.74) is 19.0. The van der Waals surface area contributed by atoms with E-state index in [-0.39, 0.29) is 0 Å². The third-order valence-electron chi connectivity index (χ3n) is 2.95. The van der Waals surface area contributed by atoms with E-state index in [1.54, 1.807) is 0 Å². The van der Waals surface area contributed by atoms with E-state index >= 15 is 0 Å². The Hall–Kier alpha value is -2.97. The Labute approximate surface area is 147 Å². The van der Waals surface area contributed by atoms with Crippen LogP contribution < -0.4 is 38.7 Å². The van der Waals surface area contributed by atoms with Crippen molar-refractivity contribution in [2.75, 3.05) is 6.61 Å². The minimum absolute atomic E-state index is 0.642. The first-order valence-electron chi connectivity index (χ1n) is 7.28. The van der Waals surface area contributed by atoms with Crippen molar-refractivity contribution in [2.24, 2.45) is 17.2 Å². The lowest BCUT2D eigenvalue weighted by Crippen LogP contribution is -2.59. The van der Waals surface area contributed by atoms with Crippen LogP contribution in [0.15, 0.2) is 0 Å². The van der Waals surface area contributed by atoms with E-state index in [2.05, 4.69) is 0 Å². The Morgan fingerprint density at radius 2 is 1.54 bits per heavy atom. The SMILES string of the molecule is CC(O)C(NC(=O)NC(CC(N)=O)C(=O)NNC(=O)C(N)CO)C(N)=O. The average Bonchev–Trinajstić information content (AvgIpc) is 2.54. The van der Waals surface area contributed by atoms with E-state index in [9.17, 15) is 29.1 Å². The van der Waals surface area contributed by atoms with Gasteiger partial charge in [-0.05, 0) is 6.92 Å². The summed E-state index contributed by atoms with van der Waals surface area (Å²) in [5, 5.41) is 22.1. The highest BCUT2D eigenvalue weighted by Gasteiger charge is 2.27. The minimum atomic E-state index is -1.53. The molecule has 0 heterocycles. The van der Waals surface area contributed by atoms with Crippen molar-refractivity contribution in [2.45, 2.75) is 37.6 Å². The van der Waals surface area contributed by atoms with Crippen LogP contribution in [0.5, 0.6) is 0 Å². The number of urea groups is 1. The maximum absolute atomic E-state index is 12.0. The standard InChI is InChI=1S/C12H23N7O7/c1-4(21)8(9(15)23)17-12(26)16-6(2-7(14)22)11(25)19-18-10(24)5(13)3-20/h4-6,8,20-21H,2-3,13H2,1H3,(H2,14,22)(H2,15,23)(H,18,24)(H,19,25)(H2,16,17,26). The smallest absolute Gasteiger partial charge is 0.316 e. The first kappa shape index (κ1) is 23.0. The van der Waals surface area contributed by atoms with Gasteiger partial charge in [-0.1, -0.05) is 0 Å². The number of hydrogen-bond donors (Lipinski definition) is 9. The summed E-state index contributed by atoms with van der Waals surface area (Å²) in [7, 11) is 0. The van der Waals surface area contributed by atoms with Gasteiger partial charge in [0.2, 0.25) is 11.8 Å². The van der Waals surface area contributed by atoms with Gasteiger partial charge in [-0.3, -0.25) is 30.0 Å². The van der Waals surface area contributed by atoms with Gasteiger partial charge < -0.3 is 38.0 Å². The number of carbonyl (C=O) groups is 5. The Bertz CT molecular complexity index is 554. The molecule has 0 fully saturated rings. The molecule has 0 aromatic carbocycles. The average molecular weight is 377 g/mol. The fraction of sp³-hybridized carbons (Fsp3) is 0.583. The summed E-state index contributed by atoms with van der Waals surface area (Å²) in [6.07, 6.45) is -1.96. The van der Waals surface area contributed by atoms with Gasteiger partial charge in [0.25, 0.3) is 11.8 Å². The summed E-state index contributed by atoms with van der Waals surface area (Å²) in [6.45, 7) is 0.518. The molecule has 14 nitrogen and oxygen atoms in total. The third-order valence-corrected chi connectivity index (χ3v) is 2.95. The van der Waals surface area contributed by atoms with Gasteiger partial charge >= 0.3 is 6.03 Å². The second-order valence-electron chi connectivity index (χ2n) is 5.23. The Morgan fingerprint density at radius 3 is 1.96 bits per heavy atom. The van der Waals surface area contributed by atoms with Gasteiger partial charge in [0, 0.05) is 0 Å². The lowest BCUT2D eigenvalue weighted by atomic mass is 10.1. The van der Waals surface area contributed by atoms with Gasteiger partial charge in [-0.2, -0.15) is 0 Å². The molecule has 12 N–H and O–H groups in total. The highest BCUT2D eigenvalue weighted by Crippen LogP contribution is 1.95. The first-order valence-corrected chi connectivity index (χ1v) is 7.28. The van der Waals surface area contributed by atoms with Gasteiger partial charge in [0.1, 0.15) is 18.1 Å². The Balaban J connectivity index is 4.90. The van der Waals surface area contributed by atoms with Crippen LogP contribution >= 0.6 is 0 Å². The topological polar surface area (TPSA) is 252 Å². The van der Waals surface area contributed by atoms with E-state index in [0.29, 0.717) is 0 Å². The number of hydrazine groups is 1. The van der Waals surface area contributed by atoms with Crippen LogP contribution in [-0.2, 0) is 19.2 Å². The van der Waals surface area contributed by atoms with Crippen molar-refractivity contribution in [1.82, 2.24) is 21.5 Å². The monoisotopic (exact) mass is 377 g/mol. The lowest BCUT2D eigenvalue weighted by molar-refractivity contribution is -0.132. The third kappa shape index (κ3) is 8.22. The Kier molecular flexibility index (Phi) is 9.57. The van der Waals surface area contributed by atoms with E-state index in [1.165, 1.54) is 6.92 Å². The van der Waals surface area contributed by atoms with E-state index in [4.69, 9.17) is 22.3 Å². The molecule has 14 heteroatoms. The molecule has 4 atom stereocenters. The van der Waals surface area contributed by atoms with Gasteiger partial charge in [-0.25, -0.2) is 4.79 Å². The molecular formula is C12H23N7O7. The largest absolute Gasteiger partial charge is 0.394 e. The molecule has 0 aliphatic heterocycles. The van der Waals surface area contributed by atoms with Crippen LogP contribution in [0.25, 0.3) is 0 Å². The fourth-order valence-corrected chi connectivity index (χ4v) is 1.57. The fourth-order valence-electron chi connectivity index (χ4n) is 1.57. The molecule has 0 aliphatic rings. The van der Waals surface area contributed by atoms with Crippen molar-refractivity contribution in [3.8, 4) is 0 Å². The summed E-state index contributed by atoms with van der Waals surface area (Å²) in [6, 6.07) is -5.38. The summed E-state index contributed by atoms with van der Waals surface area (Å²) >= 11 is 0. The number of hydrogen-bond acceptors (Lipinski definition) is 8. The summed E-state index contributed by atoms with van der Waals surface area (Å²) in [4.78, 5) is 57.3. The normalized spacial score (nSPS) is 14.9. The number of nitrogens with one attached hydrogen (secondary N) is 4. The van der Waals surface area contributed by atoms with Crippen LogP contribution in [0.1, 0.15) is 13.3 Å². The molecule has 4 unspecified atom stereocenters. The molecule has 0 aromatic heterocycles. The number of aliphatic hydroxyl groups is 2. The van der Waals surface area contributed by atoms with Gasteiger partial charge in [0.05, 0.1) is 19.1 Å². The van der Waals surface area contributed by atoms with Crippen molar-refractivity contribution in [1.29, 1.82) is 0 Å². The van der Waals surface area contributed by atoms with E-state index < -0.39 is 66.9 Å². The maximum atomic E-state index is 12.0. The van der Waals surface area contributed by atoms with Crippen LogP contribution in [0.4, 0.5) is 4.79 Å². The zero-order chi connectivity index (χ0) is 20.4. The molecule has 0 aromatic rings. The van der Waals surface area contributed by atoms with Crippen molar-refractivity contribution in [3.05, 3.63) is 0 Å². The highest BCUT2D eigenvalue weighted by atomic mass is 16.3. The van der Waals surface area contributed by atoms with E-state index in [0.717, 1.165) is 0 Å². The summed E-state index contributed by atoms with van der Waals surface area (Å²) in [5.74, 6) is -3.95. The molecule has 0 spiro atoms. The molecule has 0 radical (unpaired) electrons. The molecule has 0 saturated heterocycles. The molecule has 6 amide bonds. The summed E-state index contributed by atoms with van der Waals surface area (Å²) < 4.78 is 0. The van der Waals surface area contributed by atoms with Crippen LogP contribution in [0, 0.1) is 0 Å². The van der Waals surface area contributed by atoms with E-state index in [1.807, 2.05) is 21.5 Å². The highest BCUT2D eigenvalue weighted by molar-refractivity contribution is 5.94. The van der Waals surface area contributed by atoms with Crippen LogP contribution in [-0.4, -0.2) is 70.7 Å². The number of amides is 6. The Morgan fingerprint density at radius 1 is 1.00 bits per heavy atom. The number of primary amides is 2. The predicted molar refractivity (Wildman–Crippen MR) is 85.3 cm³/mol. The van der Waals surface area contributed by atoms with Crippen molar-refractivity contribution >= 4 is 29.7 Å². The maximum Gasteiger partial charge on any atom is 0.316 e. The lowest BCUT2D eigenvalue weighted by Gasteiger charge is -2.22. The van der Waals surface area contributed by atoms with Crippen LogP contribution in [0.3, 0.4) is 0 Å². The van der Waals surface area contributed by atoms with Gasteiger partial charge in [-0.15, -0.1) is 0 Å². The van der Waals surface area contributed by atoms with Crippen molar-refractivity contribution in [3.63, 3.8) is 0 Å². The predicted octanol–water partition coefficient (Wildman–Crippen LogP) is -5.77. The molecule has 0 aliphatic carbocycles. The quantitative estimate of drug-likeness (QED) is 0.174. The second kappa shape index (κ2) is 10.8. The zero-order valence-electron chi connectivity index (χ0n) is 13.9. The minimum Gasteiger partial charge on any atom is -0.394 e. The molecular weight excluding hydrogens is 354 g/mol. The number of rotatable bonds is 9. The van der Waals surface area contributed by atoms with Crippen molar-refractivity contribution < 1.29 is 34.2 Å². The van der Waals surface area contributed by atoms with Crippen LogP contribution in [0.2, 0.25) is 0 Å². The first-order chi connectivity index (χ1) is 12.0. The second-order valence-corrected chi connectivity index (χ2v) is 5.23. The molecule has 148 valence electrons. The number of nitrogens with two attached hydrogens (primary N) is 3. The van der Waals surface area contributed by atoms with Gasteiger partial charge in [0.15, 0.2) is 0 Å². The molecule has 0 rings (SSSR count). The number of aliphatic hydroxyl groups excluding tert-OH is 2. The molecule has 0 bridgehead atoms. The number of carbonyl (C=O) groups excluding carboxylic acids is 5. The zero-order valence-corrected chi connectivity index (χ0v) is 13.9.